The molecule has 0 amide bonds. The lowest BCUT2D eigenvalue weighted by molar-refractivity contribution is -0.0252. The van der Waals surface area contributed by atoms with Gasteiger partial charge in [-0.2, -0.15) is 0 Å². The zero-order chi connectivity index (χ0) is 11.6. The maximum absolute atomic E-state index is 10.7. The molecule has 4 atom stereocenters. The number of hydrogen-bond acceptors (Lipinski definition) is 2. The summed E-state index contributed by atoms with van der Waals surface area (Å²) < 4.78 is 0. The van der Waals surface area contributed by atoms with Crippen molar-refractivity contribution in [2.24, 2.45) is 16.7 Å². The van der Waals surface area contributed by atoms with Crippen molar-refractivity contribution in [3.05, 3.63) is 0 Å². The fourth-order valence-electron chi connectivity index (χ4n) is 4.78. The summed E-state index contributed by atoms with van der Waals surface area (Å²) in [5.74, 6) is 0.714. The number of aliphatic hydroxyl groups is 1. The van der Waals surface area contributed by atoms with Crippen molar-refractivity contribution >= 4 is 0 Å². The Bertz CT molecular complexity index is 295. The van der Waals surface area contributed by atoms with Crippen molar-refractivity contribution in [3.8, 4) is 0 Å². The quantitative estimate of drug-likeness (QED) is 0.737. The molecular formula is C14H25NO. The Hall–Kier alpha value is -0.0800. The topological polar surface area (TPSA) is 23.5 Å². The first kappa shape index (κ1) is 11.0. The normalized spacial score (nSPS) is 51.4. The number of rotatable bonds is 1. The van der Waals surface area contributed by atoms with Gasteiger partial charge < -0.3 is 5.11 Å². The number of hydrogen-bond donors (Lipinski definition) is 1. The molecule has 3 aliphatic rings. The zero-order valence-electron chi connectivity index (χ0n) is 10.9. The molecule has 1 N–H and O–H groups in total. The molecule has 0 radical (unpaired) electrons. The number of likely N-dealkylation sites (tertiary alicyclic amines) is 1. The van der Waals surface area contributed by atoms with Crippen molar-refractivity contribution in [1.29, 1.82) is 0 Å². The summed E-state index contributed by atoms with van der Waals surface area (Å²) in [6.45, 7) is 9.50. The minimum absolute atomic E-state index is 0.0978. The smallest absolute Gasteiger partial charge is 0.0756 e. The Morgan fingerprint density at radius 2 is 1.75 bits per heavy atom. The summed E-state index contributed by atoms with van der Waals surface area (Å²) in [7, 11) is 0. The van der Waals surface area contributed by atoms with Crippen LogP contribution in [0.25, 0.3) is 0 Å². The summed E-state index contributed by atoms with van der Waals surface area (Å²) in [5, 5.41) is 10.7. The number of nitrogens with zero attached hydrogens (tertiary/aromatic N) is 1. The second-order valence-corrected chi connectivity index (χ2v) is 6.96. The lowest BCUT2D eigenvalue weighted by atomic mass is 9.70. The van der Waals surface area contributed by atoms with Crippen LogP contribution in [0, 0.1) is 16.7 Å². The van der Waals surface area contributed by atoms with E-state index in [4.69, 9.17) is 0 Å². The Morgan fingerprint density at radius 3 is 2.25 bits per heavy atom. The van der Waals surface area contributed by atoms with Gasteiger partial charge in [0.1, 0.15) is 0 Å². The minimum Gasteiger partial charge on any atom is -0.391 e. The first-order chi connectivity index (χ1) is 7.48. The van der Waals surface area contributed by atoms with Crippen LogP contribution in [0.2, 0.25) is 0 Å². The van der Waals surface area contributed by atoms with Crippen LogP contribution < -0.4 is 0 Å². The molecule has 16 heavy (non-hydrogen) atoms. The van der Waals surface area contributed by atoms with E-state index in [0.717, 1.165) is 0 Å². The van der Waals surface area contributed by atoms with Gasteiger partial charge in [0.15, 0.2) is 0 Å². The van der Waals surface area contributed by atoms with Gasteiger partial charge in [-0.3, -0.25) is 4.90 Å². The zero-order valence-corrected chi connectivity index (χ0v) is 10.9. The van der Waals surface area contributed by atoms with Gasteiger partial charge in [-0.15, -0.1) is 0 Å². The van der Waals surface area contributed by atoms with Gasteiger partial charge >= 0.3 is 0 Å². The second-order valence-electron chi connectivity index (χ2n) is 6.96. The summed E-state index contributed by atoms with van der Waals surface area (Å²) in [6.07, 6.45) is 5.09. The summed E-state index contributed by atoms with van der Waals surface area (Å²) >= 11 is 0. The lowest BCUT2D eigenvalue weighted by Crippen LogP contribution is -2.48. The average molecular weight is 223 g/mol. The highest BCUT2D eigenvalue weighted by atomic mass is 16.3. The molecule has 2 saturated carbocycles. The summed E-state index contributed by atoms with van der Waals surface area (Å²) in [5.41, 5.74) is 0.477. The Balaban J connectivity index is 1.92. The summed E-state index contributed by atoms with van der Waals surface area (Å²) in [6, 6.07) is 0.455. The van der Waals surface area contributed by atoms with Gasteiger partial charge in [0.2, 0.25) is 0 Å². The van der Waals surface area contributed by atoms with Crippen molar-refractivity contribution < 1.29 is 5.11 Å². The molecule has 3 fully saturated rings. The van der Waals surface area contributed by atoms with Gasteiger partial charge in [-0.25, -0.2) is 0 Å². The fourth-order valence-corrected chi connectivity index (χ4v) is 4.78. The molecule has 4 unspecified atom stereocenters. The van der Waals surface area contributed by atoms with E-state index in [1.54, 1.807) is 0 Å². The van der Waals surface area contributed by atoms with E-state index in [1.165, 1.54) is 38.8 Å². The first-order valence-electron chi connectivity index (χ1n) is 6.90. The predicted molar refractivity (Wildman–Crippen MR) is 65.2 cm³/mol. The second kappa shape index (κ2) is 3.23. The monoisotopic (exact) mass is 223 g/mol. The van der Waals surface area contributed by atoms with Crippen LogP contribution in [-0.2, 0) is 0 Å². The van der Waals surface area contributed by atoms with E-state index in [2.05, 4.69) is 25.7 Å². The maximum atomic E-state index is 10.7. The van der Waals surface area contributed by atoms with Crippen LogP contribution in [0.15, 0.2) is 0 Å². The first-order valence-corrected chi connectivity index (χ1v) is 6.90. The van der Waals surface area contributed by atoms with Crippen LogP contribution in [0.1, 0.15) is 46.5 Å². The summed E-state index contributed by atoms with van der Waals surface area (Å²) in [4.78, 5) is 2.57. The Labute approximate surface area is 99.0 Å². The molecule has 0 aromatic carbocycles. The molecule has 0 spiro atoms. The number of fused-ring (bicyclic) bond motifs is 2. The molecule has 2 bridgehead atoms. The van der Waals surface area contributed by atoms with Gasteiger partial charge in [0.05, 0.1) is 6.10 Å². The highest BCUT2D eigenvalue weighted by Gasteiger charge is 2.66. The number of aliphatic hydroxyl groups excluding tert-OH is 1. The average Bonchev–Trinajstić information content (AvgIpc) is 2.83. The van der Waals surface area contributed by atoms with Gasteiger partial charge in [-0.1, -0.05) is 20.8 Å². The van der Waals surface area contributed by atoms with Crippen molar-refractivity contribution in [1.82, 2.24) is 4.90 Å². The van der Waals surface area contributed by atoms with Crippen LogP contribution >= 0.6 is 0 Å². The highest BCUT2D eigenvalue weighted by Crippen LogP contribution is 2.66. The van der Waals surface area contributed by atoms with Gasteiger partial charge in [0.25, 0.3) is 0 Å². The van der Waals surface area contributed by atoms with Crippen molar-refractivity contribution in [2.75, 3.05) is 13.1 Å². The van der Waals surface area contributed by atoms with Gasteiger partial charge in [0, 0.05) is 11.5 Å². The molecule has 1 saturated heterocycles. The van der Waals surface area contributed by atoms with E-state index in [0.29, 0.717) is 17.4 Å². The molecular weight excluding hydrogens is 198 g/mol. The van der Waals surface area contributed by atoms with Crippen LogP contribution in [0.4, 0.5) is 0 Å². The Kier molecular flexibility index (Phi) is 2.23. The molecule has 2 aliphatic carbocycles. The van der Waals surface area contributed by atoms with Crippen LogP contribution in [0.5, 0.6) is 0 Å². The van der Waals surface area contributed by atoms with E-state index in [9.17, 15) is 5.11 Å². The molecule has 2 heteroatoms. The molecule has 0 aromatic rings. The maximum Gasteiger partial charge on any atom is 0.0756 e. The van der Waals surface area contributed by atoms with E-state index in [-0.39, 0.29) is 11.5 Å². The lowest BCUT2D eigenvalue weighted by Gasteiger charge is -2.39. The van der Waals surface area contributed by atoms with Crippen LogP contribution in [-0.4, -0.2) is 35.2 Å². The predicted octanol–water partition coefficient (Wildman–Crippen LogP) is 2.27. The molecule has 2 nitrogen and oxygen atoms in total. The molecule has 3 rings (SSSR count). The van der Waals surface area contributed by atoms with Crippen molar-refractivity contribution in [3.63, 3.8) is 0 Å². The highest BCUT2D eigenvalue weighted by molar-refractivity contribution is 5.17. The fraction of sp³-hybridized carbons (Fsp3) is 1.00. The van der Waals surface area contributed by atoms with Crippen molar-refractivity contribution in [2.45, 2.75) is 58.6 Å². The third-order valence-electron chi connectivity index (χ3n) is 6.32. The third-order valence-corrected chi connectivity index (χ3v) is 6.32. The van der Waals surface area contributed by atoms with Crippen LogP contribution in [0.3, 0.4) is 0 Å². The minimum atomic E-state index is -0.0978. The van der Waals surface area contributed by atoms with Gasteiger partial charge in [-0.05, 0) is 50.1 Å². The Morgan fingerprint density at radius 1 is 1.12 bits per heavy atom. The van der Waals surface area contributed by atoms with E-state index < -0.39 is 0 Å². The van der Waals surface area contributed by atoms with E-state index in [1.807, 2.05) is 0 Å². The molecule has 1 aliphatic heterocycles. The molecule has 0 aromatic heterocycles. The molecule has 92 valence electrons. The SMILES string of the molecule is CC1(C)C2CCC1(C)C(O)C2N1CCCC1. The standard InChI is InChI=1S/C14H25NO/c1-13(2)10-6-7-14(13,3)12(16)11(10)15-8-4-5-9-15/h10-12,16H,4-9H2,1-3H3. The third kappa shape index (κ3) is 1.10. The molecule has 1 heterocycles. The largest absolute Gasteiger partial charge is 0.391 e. The van der Waals surface area contributed by atoms with E-state index >= 15 is 0 Å².